The normalized spacial score (nSPS) is 11.1. The molecule has 15 aromatic rings. The molecule has 0 bridgehead atoms. The summed E-state index contributed by atoms with van der Waals surface area (Å²) in [6, 6.07) is 55.5. The second-order valence-electron chi connectivity index (χ2n) is 28.7. The molecule has 0 saturated heterocycles. The van der Waals surface area contributed by atoms with Crippen LogP contribution in [0.15, 0.2) is 205 Å². The van der Waals surface area contributed by atoms with Crippen molar-refractivity contribution < 1.29 is 96.1 Å². The molecule has 15 rings (SSSR count). The van der Waals surface area contributed by atoms with E-state index >= 15 is 0 Å². The number of aliphatic hydroxyl groups is 6. The van der Waals surface area contributed by atoms with E-state index in [-0.39, 0.29) is 39.6 Å². The highest BCUT2D eigenvalue weighted by atomic mass is 16.5. The van der Waals surface area contributed by atoms with Crippen molar-refractivity contribution >= 4 is 32.3 Å². The zero-order valence-corrected chi connectivity index (χ0v) is 70.7. The summed E-state index contributed by atoms with van der Waals surface area (Å²) in [6.45, 7) is 4.72. The van der Waals surface area contributed by atoms with Gasteiger partial charge in [-0.15, -0.1) is 0 Å². The standard InChI is InChI=1S/C34H35N2O6.C32H32N3O5.C32H32NO6/c1-20-32-24(12-25(18-37)28(19-38)34(32)42-6)15-30(36(20)2)23-14-27(33(41-5)31(16-23)40-4)22-10-11-29(35-17-22)21-8-7-9-26(13-21)39-3;1-19-30-23(12-24(17-36)26(18-37)32(30)40-5)14-28(35(19)2)22-13-25(31(39-4)29(15-22)38-3)21-6-7-27(34-16-21)20-8-10-33-11-9-20;1-19-30-22(11-23(16-34)26(17-35)32(30)38-5)13-27(33(19)2)21-12-25(31(37-4)29(14-21)36-3)24-15-28(39-18-24)20-9-7-6-8-10-20/h7-17,37-38H,18-19H2,1-6H3;6-16,36-37H,17-18H2,1-5H3;6-15,18,34-35H,16-17H2,1-5H3/q3*+1. The number of furan rings is 1. The molecule has 0 aliphatic carbocycles. The van der Waals surface area contributed by atoms with Gasteiger partial charge < -0.3 is 82.4 Å². The first-order valence-electron chi connectivity index (χ1n) is 38.9. The molecule has 0 amide bonds. The Morgan fingerprint density at radius 3 is 1.02 bits per heavy atom. The highest BCUT2D eigenvalue weighted by Gasteiger charge is 2.31. The molecular formula is C98H99N6O17+3. The van der Waals surface area contributed by atoms with E-state index in [0.29, 0.717) is 85.1 Å². The van der Waals surface area contributed by atoms with Crippen LogP contribution < -0.4 is 61.1 Å². The fourth-order valence-corrected chi connectivity index (χ4v) is 16.0. The molecule has 0 unspecified atom stereocenters. The molecule has 0 radical (unpaired) electrons. The first-order valence-corrected chi connectivity index (χ1v) is 38.9. The molecule has 23 heteroatoms. The SMILES string of the molecule is COc1cc(-c2cc3cc(CO)c(CO)c(OC)c3c(C)[n+]2C)cc(-c2ccc(-c3ccncc3)nc2)c1OC.COc1cc(-c2cc3cc(CO)c(CO)c(OC)c3c(C)[n+]2C)cc(-c2coc(-c3ccccc3)c2)c1OC.COc1cccc(-c2ccc(-c3cc(-c4cc5cc(CO)c(CO)c(OC)c5c(C)[n+]4C)cc(OC)c3OC)cn2)c1. The Hall–Kier alpha value is -13.5. The number of aromatic nitrogens is 6. The summed E-state index contributed by atoms with van der Waals surface area (Å²) < 4.78 is 69.5. The molecule has 0 saturated carbocycles. The number of ether oxygens (including phenoxy) is 10. The zero-order valence-electron chi connectivity index (χ0n) is 70.7. The first-order chi connectivity index (χ1) is 58.8. The Morgan fingerprint density at radius 2 is 0.686 bits per heavy atom. The number of aryl methyl sites for hydroxylation is 3. The van der Waals surface area contributed by atoms with Gasteiger partial charge in [0.15, 0.2) is 51.6 Å². The van der Waals surface area contributed by atoms with Gasteiger partial charge in [0.2, 0.25) is 17.1 Å². The third-order valence-electron chi connectivity index (χ3n) is 22.5. The number of benzene rings is 8. The van der Waals surface area contributed by atoms with E-state index < -0.39 is 0 Å². The van der Waals surface area contributed by atoms with Crippen LogP contribution in [0.25, 0.3) is 133 Å². The minimum Gasteiger partial charge on any atom is -0.497 e. The summed E-state index contributed by atoms with van der Waals surface area (Å²) in [6.07, 6.45) is 8.88. The molecule has 6 N–H and O–H groups in total. The third kappa shape index (κ3) is 16.5. The van der Waals surface area contributed by atoms with Gasteiger partial charge in [0.1, 0.15) is 49.9 Å². The van der Waals surface area contributed by atoms with Crippen LogP contribution in [-0.4, -0.2) is 117 Å². The van der Waals surface area contributed by atoms with Crippen molar-refractivity contribution in [3.05, 3.63) is 251 Å². The van der Waals surface area contributed by atoms with Gasteiger partial charge in [-0.05, 0) is 130 Å². The lowest BCUT2D eigenvalue weighted by Gasteiger charge is -2.17. The van der Waals surface area contributed by atoms with Gasteiger partial charge in [-0.2, -0.15) is 13.7 Å². The molecule has 121 heavy (non-hydrogen) atoms. The largest absolute Gasteiger partial charge is 0.497 e. The minimum absolute atomic E-state index is 0.206. The highest BCUT2D eigenvalue weighted by Crippen LogP contribution is 2.48. The van der Waals surface area contributed by atoms with Crippen LogP contribution in [0, 0.1) is 20.8 Å². The molecule has 0 aliphatic rings. The maximum Gasteiger partial charge on any atom is 0.213 e. The molecule has 0 aliphatic heterocycles. The van der Waals surface area contributed by atoms with Crippen molar-refractivity contribution in [1.82, 2.24) is 15.0 Å². The lowest BCUT2D eigenvalue weighted by Crippen LogP contribution is -2.35. The molecule has 23 nitrogen and oxygen atoms in total. The van der Waals surface area contributed by atoms with Crippen LogP contribution in [0.2, 0.25) is 0 Å². The van der Waals surface area contributed by atoms with Crippen LogP contribution in [0.3, 0.4) is 0 Å². The van der Waals surface area contributed by atoms with Crippen molar-refractivity contribution in [3.63, 3.8) is 0 Å². The zero-order chi connectivity index (χ0) is 86.0. The van der Waals surface area contributed by atoms with Gasteiger partial charge in [0.05, 0.1) is 161 Å². The monoisotopic (exact) mass is 1630 g/mol. The fourth-order valence-electron chi connectivity index (χ4n) is 16.0. The Labute approximate surface area is 702 Å². The Bertz CT molecular complexity index is 6320. The average molecular weight is 1630 g/mol. The van der Waals surface area contributed by atoms with Crippen LogP contribution in [0.1, 0.15) is 50.5 Å². The van der Waals surface area contributed by atoms with E-state index in [9.17, 15) is 30.6 Å². The quantitative estimate of drug-likeness (QED) is 0.0290. The van der Waals surface area contributed by atoms with E-state index in [4.69, 9.17) is 61.8 Å². The topological polar surface area (TPSA) is 277 Å². The summed E-state index contributed by atoms with van der Waals surface area (Å²) >= 11 is 0. The third-order valence-corrected chi connectivity index (χ3v) is 22.5. The van der Waals surface area contributed by atoms with Crippen LogP contribution in [0.4, 0.5) is 0 Å². The molecule has 8 aromatic carbocycles. The van der Waals surface area contributed by atoms with E-state index in [0.717, 1.165) is 156 Å². The molecule has 7 heterocycles. The predicted octanol–water partition coefficient (Wildman–Crippen LogP) is 15.7. The predicted molar refractivity (Wildman–Crippen MR) is 465 cm³/mol. The second-order valence-corrected chi connectivity index (χ2v) is 28.7. The van der Waals surface area contributed by atoms with Gasteiger partial charge in [-0.3, -0.25) is 15.0 Å². The molecular weight excluding hydrogens is 1530 g/mol. The number of rotatable bonds is 25. The maximum atomic E-state index is 10.0. The first kappa shape index (κ1) is 85.4. The summed E-state index contributed by atoms with van der Waals surface area (Å²) in [4.78, 5) is 13.5. The van der Waals surface area contributed by atoms with E-state index in [1.165, 1.54) is 0 Å². The average Bonchev–Trinajstić information content (AvgIpc) is 0.893. The molecule has 0 fully saturated rings. The van der Waals surface area contributed by atoms with Gasteiger partial charge >= 0.3 is 0 Å². The summed E-state index contributed by atoms with van der Waals surface area (Å²) in [5.41, 5.74) is 21.7. The van der Waals surface area contributed by atoms with Gasteiger partial charge in [-0.1, -0.05) is 54.6 Å². The molecule has 620 valence electrons. The number of fused-ring (bicyclic) bond motifs is 3. The van der Waals surface area contributed by atoms with Crippen molar-refractivity contribution in [2.75, 3.05) is 71.1 Å². The van der Waals surface area contributed by atoms with E-state index in [2.05, 4.69) is 55.1 Å². The number of aliphatic hydroxyl groups excluding tert-OH is 6. The summed E-state index contributed by atoms with van der Waals surface area (Å²) in [7, 11) is 22.1. The van der Waals surface area contributed by atoms with Crippen molar-refractivity contribution in [1.29, 1.82) is 0 Å². The van der Waals surface area contributed by atoms with Crippen LogP contribution in [0.5, 0.6) is 57.5 Å². The Kier molecular flexibility index (Phi) is 26.5. The van der Waals surface area contributed by atoms with Gasteiger partial charge in [0, 0.05) is 131 Å². The molecule has 0 spiro atoms. The Balaban J connectivity index is 0.000000157. The van der Waals surface area contributed by atoms with E-state index in [1.54, 1.807) is 89.8 Å². The molecule has 7 aromatic heterocycles. The lowest BCUT2D eigenvalue weighted by molar-refractivity contribution is -0.665. The maximum absolute atomic E-state index is 10.0. The van der Waals surface area contributed by atoms with Crippen molar-refractivity contribution in [2.45, 2.75) is 60.4 Å². The summed E-state index contributed by atoms with van der Waals surface area (Å²) in [5, 5.41) is 65.4. The minimum atomic E-state index is -0.233. The number of hydrogen-bond acceptors (Lipinski definition) is 20. The number of nitrogens with zero attached hydrogens (tertiary/aromatic N) is 6. The lowest BCUT2D eigenvalue weighted by atomic mass is 9.95. The number of hydrogen-bond donors (Lipinski definition) is 6. The van der Waals surface area contributed by atoms with Gasteiger partial charge in [-0.25, -0.2) is 0 Å². The highest BCUT2D eigenvalue weighted by molar-refractivity contribution is 5.97. The Morgan fingerprint density at radius 1 is 0.314 bits per heavy atom. The van der Waals surface area contributed by atoms with Crippen molar-refractivity contribution in [2.24, 2.45) is 21.1 Å². The van der Waals surface area contributed by atoms with Crippen molar-refractivity contribution in [3.8, 4) is 158 Å². The summed E-state index contributed by atoms with van der Waals surface area (Å²) in [5.74, 6) is 6.83. The van der Waals surface area contributed by atoms with Crippen LogP contribution >= 0.6 is 0 Å². The smallest absolute Gasteiger partial charge is 0.213 e. The fraction of sp³-hybridized carbons (Fsp3) is 0.224. The number of pyridine rings is 6. The number of methoxy groups -OCH3 is 10. The van der Waals surface area contributed by atoms with Gasteiger partial charge in [0.25, 0.3) is 0 Å². The molecule has 0 atom stereocenters. The van der Waals surface area contributed by atoms with Crippen LogP contribution in [-0.2, 0) is 60.8 Å². The second kappa shape index (κ2) is 37.6. The van der Waals surface area contributed by atoms with E-state index in [1.807, 2.05) is 188 Å².